The Labute approximate surface area is 65.2 Å². The van der Waals surface area contributed by atoms with Crippen molar-refractivity contribution >= 4 is 0 Å². The molecule has 0 aromatic heterocycles. The number of nitrogens with one attached hydrogen (secondary N) is 1. The number of hydrogen-bond donors (Lipinski definition) is 1. The lowest BCUT2D eigenvalue weighted by atomic mass is 10.3. The van der Waals surface area contributed by atoms with Crippen molar-refractivity contribution in [1.29, 1.82) is 0 Å². The molecule has 0 amide bonds. The number of alkyl halides is 2. The average Bonchev–Trinajstić information content (AvgIpc) is 2.81. The lowest BCUT2D eigenvalue weighted by Gasteiger charge is -2.00. The quantitative estimate of drug-likeness (QED) is 0.661. The van der Waals surface area contributed by atoms with Crippen molar-refractivity contribution < 1.29 is 8.78 Å². The molecule has 1 N–H and O–H groups in total. The molecular weight excluding hydrogens is 148 g/mol. The second-order valence-corrected chi connectivity index (χ2v) is 3.68. The Balaban J connectivity index is 1.59. The van der Waals surface area contributed by atoms with Crippen LogP contribution in [0.2, 0.25) is 0 Å². The molecule has 1 nitrogen and oxygen atoms in total. The zero-order valence-electron chi connectivity index (χ0n) is 6.39. The van der Waals surface area contributed by atoms with Crippen molar-refractivity contribution in [3.63, 3.8) is 0 Å². The van der Waals surface area contributed by atoms with E-state index in [2.05, 4.69) is 5.32 Å². The van der Waals surface area contributed by atoms with Gasteiger partial charge in [-0.1, -0.05) is 0 Å². The highest BCUT2D eigenvalue weighted by Crippen LogP contribution is 2.42. The molecule has 2 aliphatic carbocycles. The van der Waals surface area contributed by atoms with Crippen molar-refractivity contribution in [2.75, 3.05) is 6.54 Å². The van der Waals surface area contributed by atoms with Crippen molar-refractivity contribution in [1.82, 2.24) is 5.32 Å². The van der Waals surface area contributed by atoms with E-state index >= 15 is 0 Å². The van der Waals surface area contributed by atoms with Gasteiger partial charge in [-0.3, -0.25) is 0 Å². The summed E-state index contributed by atoms with van der Waals surface area (Å²) < 4.78 is 24.0. The summed E-state index contributed by atoms with van der Waals surface area (Å²) in [5.41, 5.74) is 0. The number of halogens is 2. The Hall–Kier alpha value is -0.180. The highest BCUT2D eigenvalue weighted by atomic mass is 19.3. The van der Waals surface area contributed by atoms with Crippen LogP contribution in [-0.2, 0) is 0 Å². The van der Waals surface area contributed by atoms with E-state index in [0.717, 1.165) is 13.0 Å². The van der Waals surface area contributed by atoms with E-state index in [9.17, 15) is 8.78 Å². The molecule has 0 saturated heterocycles. The van der Waals surface area contributed by atoms with Gasteiger partial charge in [-0.05, 0) is 31.7 Å². The molecule has 0 aliphatic heterocycles. The Kier molecular flexibility index (Phi) is 1.83. The van der Waals surface area contributed by atoms with Crippen LogP contribution < -0.4 is 5.32 Å². The first-order valence-electron chi connectivity index (χ1n) is 4.29. The minimum Gasteiger partial charge on any atom is -0.314 e. The van der Waals surface area contributed by atoms with E-state index in [1.54, 1.807) is 0 Å². The molecule has 2 atom stereocenters. The maximum Gasteiger partial charge on any atom is 0.241 e. The van der Waals surface area contributed by atoms with Crippen LogP contribution in [-0.4, -0.2) is 19.0 Å². The third-order valence-electron chi connectivity index (χ3n) is 2.55. The van der Waals surface area contributed by atoms with E-state index in [4.69, 9.17) is 0 Å². The fourth-order valence-corrected chi connectivity index (χ4v) is 1.42. The van der Waals surface area contributed by atoms with E-state index in [-0.39, 0.29) is 11.8 Å². The van der Waals surface area contributed by atoms with Gasteiger partial charge in [0.15, 0.2) is 0 Å². The predicted molar refractivity (Wildman–Crippen MR) is 38.6 cm³/mol. The van der Waals surface area contributed by atoms with Gasteiger partial charge >= 0.3 is 0 Å². The van der Waals surface area contributed by atoms with Crippen LogP contribution in [0.4, 0.5) is 8.78 Å². The molecule has 0 radical (unpaired) electrons. The van der Waals surface area contributed by atoms with Gasteiger partial charge in [0.25, 0.3) is 0 Å². The van der Waals surface area contributed by atoms with Crippen LogP contribution in [0.15, 0.2) is 0 Å². The van der Waals surface area contributed by atoms with Crippen LogP contribution in [0, 0.1) is 11.8 Å². The number of hydrogen-bond acceptors (Lipinski definition) is 1. The summed E-state index contributed by atoms with van der Waals surface area (Å²) in [6.45, 7) is 0.819. The first-order chi connectivity index (χ1) is 5.27. The minimum absolute atomic E-state index is 0.274. The summed E-state index contributed by atoms with van der Waals surface area (Å²) in [4.78, 5) is 0. The maximum atomic E-state index is 12.0. The molecule has 2 aliphatic rings. The van der Waals surface area contributed by atoms with Gasteiger partial charge in [0.1, 0.15) is 0 Å². The van der Waals surface area contributed by atoms with Gasteiger partial charge in [-0.25, -0.2) is 8.78 Å². The molecule has 0 bridgehead atoms. The Bertz CT molecular complexity index is 145. The summed E-state index contributed by atoms with van der Waals surface area (Å²) in [5, 5.41) is 3.27. The zero-order chi connectivity index (χ0) is 7.84. The summed E-state index contributed by atoms with van der Waals surface area (Å²) in [6, 6.07) is 0.661. The van der Waals surface area contributed by atoms with Crippen molar-refractivity contribution in [2.45, 2.75) is 31.7 Å². The van der Waals surface area contributed by atoms with E-state index in [1.807, 2.05) is 0 Å². The molecule has 2 unspecified atom stereocenters. The van der Waals surface area contributed by atoms with Crippen LogP contribution >= 0.6 is 0 Å². The SMILES string of the molecule is FC(F)C1CC1CNC1CC1. The summed E-state index contributed by atoms with van der Waals surface area (Å²) >= 11 is 0. The minimum atomic E-state index is -2.08. The molecule has 3 heteroatoms. The Morgan fingerprint density at radius 3 is 2.55 bits per heavy atom. The predicted octanol–water partition coefficient (Wildman–Crippen LogP) is 1.64. The third-order valence-corrected chi connectivity index (χ3v) is 2.55. The summed E-state index contributed by atoms with van der Waals surface area (Å²) in [7, 11) is 0. The van der Waals surface area contributed by atoms with Crippen LogP contribution in [0.5, 0.6) is 0 Å². The average molecular weight is 161 g/mol. The third kappa shape index (κ3) is 1.89. The lowest BCUT2D eigenvalue weighted by Crippen LogP contribution is -2.20. The standard InChI is InChI=1S/C8H13F2N/c9-8(10)7-3-5(7)4-11-6-1-2-6/h5-8,11H,1-4H2. The summed E-state index contributed by atoms with van der Waals surface area (Å²) in [5.74, 6) is -0.0168. The second kappa shape index (κ2) is 2.70. The topological polar surface area (TPSA) is 12.0 Å². The molecule has 2 fully saturated rings. The van der Waals surface area contributed by atoms with Crippen LogP contribution in [0.25, 0.3) is 0 Å². The number of rotatable bonds is 4. The summed E-state index contributed by atoms with van der Waals surface area (Å²) in [6.07, 6.45) is 1.14. The smallest absolute Gasteiger partial charge is 0.241 e. The zero-order valence-corrected chi connectivity index (χ0v) is 6.39. The van der Waals surface area contributed by atoms with Crippen molar-refractivity contribution in [2.24, 2.45) is 11.8 Å². The molecule has 64 valence electrons. The molecule has 0 spiro atoms. The van der Waals surface area contributed by atoms with Gasteiger partial charge in [0.2, 0.25) is 6.43 Å². The normalized spacial score (nSPS) is 36.3. The van der Waals surface area contributed by atoms with Crippen molar-refractivity contribution in [3.05, 3.63) is 0 Å². The second-order valence-electron chi connectivity index (χ2n) is 3.68. The highest BCUT2D eigenvalue weighted by molar-refractivity contribution is 4.92. The first-order valence-corrected chi connectivity index (χ1v) is 4.29. The van der Waals surface area contributed by atoms with Gasteiger partial charge in [0.05, 0.1) is 0 Å². The van der Waals surface area contributed by atoms with E-state index in [1.165, 1.54) is 12.8 Å². The molecule has 0 aromatic rings. The van der Waals surface area contributed by atoms with Gasteiger partial charge in [-0.2, -0.15) is 0 Å². The maximum absolute atomic E-state index is 12.0. The highest BCUT2D eigenvalue weighted by Gasteiger charge is 2.44. The fourth-order valence-electron chi connectivity index (χ4n) is 1.42. The first kappa shape index (κ1) is 7.47. The molecule has 2 saturated carbocycles. The van der Waals surface area contributed by atoms with E-state index in [0.29, 0.717) is 6.04 Å². The Morgan fingerprint density at radius 2 is 2.09 bits per heavy atom. The largest absolute Gasteiger partial charge is 0.314 e. The fraction of sp³-hybridized carbons (Fsp3) is 1.00. The molecule has 0 aromatic carbocycles. The Morgan fingerprint density at radius 1 is 1.36 bits per heavy atom. The van der Waals surface area contributed by atoms with Crippen LogP contribution in [0.3, 0.4) is 0 Å². The molecular formula is C8H13F2N. The monoisotopic (exact) mass is 161 g/mol. The van der Waals surface area contributed by atoms with Gasteiger partial charge < -0.3 is 5.32 Å². The van der Waals surface area contributed by atoms with E-state index < -0.39 is 6.43 Å². The lowest BCUT2D eigenvalue weighted by molar-refractivity contribution is 0.116. The van der Waals surface area contributed by atoms with Gasteiger partial charge in [0, 0.05) is 12.0 Å². The van der Waals surface area contributed by atoms with Gasteiger partial charge in [-0.15, -0.1) is 0 Å². The molecule has 0 heterocycles. The van der Waals surface area contributed by atoms with Crippen LogP contribution in [0.1, 0.15) is 19.3 Å². The molecule has 11 heavy (non-hydrogen) atoms. The molecule has 2 rings (SSSR count). The van der Waals surface area contributed by atoms with Crippen molar-refractivity contribution in [3.8, 4) is 0 Å².